The van der Waals surface area contributed by atoms with E-state index >= 15 is 0 Å². The minimum Gasteiger partial charge on any atom is -0.492 e. The van der Waals surface area contributed by atoms with Crippen molar-refractivity contribution in [3.05, 3.63) is 58.1 Å². The van der Waals surface area contributed by atoms with Crippen LogP contribution < -0.4 is 10.1 Å². The quantitative estimate of drug-likeness (QED) is 0.904. The van der Waals surface area contributed by atoms with Crippen molar-refractivity contribution in [2.45, 2.75) is 20.3 Å². The predicted molar refractivity (Wildman–Crippen MR) is 88.7 cm³/mol. The highest BCUT2D eigenvalue weighted by Crippen LogP contribution is 2.30. The van der Waals surface area contributed by atoms with E-state index in [9.17, 15) is 4.79 Å². The van der Waals surface area contributed by atoms with E-state index in [4.69, 9.17) is 16.3 Å². The Morgan fingerprint density at radius 3 is 2.86 bits per heavy atom. The van der Waals surface area contributed by atoms with Crippen LogP contribution in [-0.4, -0.2) is 12.5 Å². The zero-order valence-corrected chi connectivity index (χ0v) is 13.4. The number of nitrogens with one attached hydrogen (secondary N) is 1. The zero-order chi connectivity index (χ0) is 15.7. The number of benzene rings is 2. The molecule has 0 unspecified atom stereocenters. The fourth-order valence-corrected chi connectivity index (χ4v) is 2.83. The maximum absolute atomic E-state index is 12.5. The third-order valence-electron chi connectivity index (χ3n) is 3.95. The summed E-state index contributed by atoms with van der Waals surface area (Å²) in [5, 5.41) is 3.68. The number of amides is 1. The van der Waals surface area contributed by atoms with Crippen molar-refractivity contribution >= 4 is 23.2 Å². The van der Waals surface area contributed by atoms with E-state index in [0.29, 0.717) is 18.1 Å². The number of hydrogen-bond acceptors (Lipinski definition) is 2. The van der Waals surface area contributed by atoms with E-state index in [0.717, 1.165) is 28.1 Å². The molecular weight excluding hydrogens is 298 g/mol. The molecule has 0 radical (unpaired) electrons. The van der Waals surface area contributed by atoms with Crippen LogP contribution in [-0.2, 0) is 11.2 Å². The summed E-state index contributed by atoms with van der Waals surface area (Å²) in [6, 6.07) is 11.6. The Labute approximate surface area is 135 Å². The summed E-state index contributed by atoms with van der Waals surface area (Å²) in [6.45, 7) is 4.39. The van der Waals surface area contributed by atoms with Crippen LogP contribution in [0.5, 0.6) is 5.75 Å². The normalized spacial score (nSPS) is 16.6. The number of hydrogen-bond donors (Lipinski definition) is 1. The van der Waals surface area contributed by atoms with Gasteiger partial charge in [-0.1, -0.05) is 23.7 Å². The van der Waals surface area contributed by atoms with Gasteiger partial charge in [-0.3, -0.25) is 4.79 Å². The van der Waals surface area contributed by atoms with Crippen molar-refractivity contribution in [2.75, 3.05) is 11.9 Å². The van der Waals surface area contributed by atoms with Gasteiger partial charge in [0, 0.05) is 10.7 Å². The first-order chi connectivity index (χ1) is 10.5. The predicted octanol–water partition coefficient (Wildman–Crippen LogP) is 4.15. The number of carbonyl (C=O) groups excluding carboxylic acids is 1. The van der Waals surface area contributed by atoms with E-state index < -0.39 is 0 Å². The second kappa shape index (κ2) is 6.01. The number of aryl methyl sites for hydroxylation is 2. The van der Waals surface area contributed by atoms with E-state index in [-0.39, 0.29) is 11.8 Å². The molecular formula is C18H18ClNO2. The van der Waals surface area contributed by atoms with E-state index in [1.54, 1.807) is 6.07 Å². The van der Waals surface area contributed by atoms with Crippen LogP contribution in [0.1, 0.15) is 16.7 Å². The molecule has 0 aliphatic carbocycles. The standard InChI is InChI=1S/C18H18ClNO2/c1-11-3-4-12(2)16(7-11)20-18(21)14-8-13-9-15(19)5-6-17(13)22-10-14/h3-7,9,14H,8,10H2,1-2H3,(H,20,21)/t14-/m1/s1. The van der Waals surface area contributed by atoms with E-state index in [2.05, 4.69) is 5.32 Å². The summed E-state index contributed by atoms with van der Waals surface area (Å²) >= 11 is 6.02. The highest BCUT2D eigenvalue weighted by molar-refractivity contribution is 6.30. The molecule has 0 saturated heterocycles. The highest BCUT2D eigenvalue weighted by atomic mass is 35.5. The Morgan fingerprint density at radius 2 is 2.05 bits per heavy atom. The lowest BCUT2D eigenvalue weighted by molar-refractivity contribution is -0.121. The molecule has 3 rings (SSSR count). The minimum atomic E-state index is -0.203. The third-order valence-corrected chi connectivity index (χ3v) is 4.19. The average molecular weight is 316 g/mol. The fraction of sp³-hybridized carbons (Fsp3) is 0.278. The second-order valence-electron chi connectivity index (χ2n) is 5.77. The molecule has 1 N–H and O–H groups in total. The Bertz CT molecular complexity index is 727. The number of ether oxygens (including phenoxy) is 1. The molecule has 1 atom stereocenters. The number of rotatable bonds is 2. The molecule has 114 valence electrons. The molecule has 1 aliphatic rings. The number of carbonyl (C=O) groups is 1. The first-order valence-corrected chi connectivity index (χ1v) is 7.70. The minimum absolute atomic E-state index is 0.0145. The average Bonchev–Trinajstić information content (AvgIpc) is 2.50. The largest absolute Gasteiger partial charge is 0.492 e. The van der Waals surface area contributed by atoms with Crippen LogP contribution in [0, 0.1) is 19.8 Å². The first kappa shape index (κ1) is 14.9. The van der Waals surface area contributed by atoms with Gasteiger partial charge in [-0.25, -0.2) is 0 Å². The van der Waals surface area contributed by atoms with Gasteiger partial charge < -0.3 is 10.1 Å². The molecule has 0 fully saturated rings. The van der Waals surface area contributed by atoms with Gasteiger partial charge in [0.25, 0.3) is 0 Å². The lowest BCUT2D eigenvalue weighted by Crippen LogP contribution is -2.32. The molecule has 1 aliphatic heterocycles. The van der Waals surface area contributed by atoms with Gasteiger partial charge >= 0.3 is 0 Å². The van der Waals surface area contributed by atoms with Gasteiger partial charge in [-0.15, -0.1) is 0 Å². The molecule has 0 spiro atoms. The van der Waals surface area contributed by atoms with Crippen LogP contribution in [0.25, 0.3) is 0 Å². The van der Waals surface area contributed by atoms with Crippen molar-refractivity contribution < 1.29 is 9.53 Å². The van der Waals surface area contributed by atoms with Gasteiger partial charge in [0.1, 0.15) is 12.4 Å². The van der Waals surface area contributed by atoms with Crippen molar-refractivity contribution in [3.8, 4) is 5.75 Å². The zero-order valence-electron chi connectivity index (χ0n) is 12.7. The molecule has 2 aromatic carbocycles. The van der Waals surface area contributed by atoms with Gasteiger partial charge in [0.15, 0.2) is 0 Å². The molecule has 0 aromatic heterocycles. The van der Waals surface area contributed by atoms with E-state index in [1.807, 2.05) is 44.2 Å². The summed E-state index contributed by atoms with van der Waals surface area (Å²) in [6.07, 6.45) is 0.645. The molecule has 3 nitrogen and oxygen atoms in total. The second-order valence-corrected chi connectivity index (χ2v) is 6.21. The lowest BCUT2D eigenvalue weighted by Gasteiger charge is -2.25. The molecule has 22 heavy (non-hydrogen) atoms. The molecule has 1 heterocycles. The summed E-state index contributed by atoms with van der Waals surface area (Å²) in [5.74, 6) is 0.602. The summed E-state index contributed by atoms with van der Waals surface area (Å²) < 4.78 is 5.68. The van der Waals surface area contributed by atoms with Gasteiger partial charge in [-0.2, -0.15) is 0 Å². The maximum Gasteiger partial charge on any atom is 0.231 e. The van der Waals surface area contributed by atoms with Gasteiger partial charge in [0.2, 0.25) is 5.91 Å². The highest BCUT2D eigenvalue weighted by Gasteiger charge is 2.26. The van der Waals surface area contributed by atoms with Crippen molar-refractivity contribution in [3.63, 3.8) is 0 Å². The van der Waals surface area contributed by atoms with Gasteiger partial charge in [-0.05, 0) is 61.2 Å². The Hall–Kier alpha value is -2.00. The lowest BCUT2D eigenvalue weighted by atomic mass is 9.95. The maximum atomic E-state index is 12.5. The SMILES string of the molecule is Cc1ccc(C)c(NC(=O)[C@H]2COc3ccc(Cl)cc3C2)c1. The van der Waals surface area contributed by atoms with Crippen LogP contribution in [0.2, 0.25) is 5.02 Å². The fourth-order valence-electron chi connectivity index (χ4n) is 2.64. The van der Waals surface area contributed by atoms with Crippen molar-refractivity contribution in [1.82, 2.24) is 0 Å². The Balaban J connectivity index is 1.75. The van der Waals surface area contributed by atoms with Gasteiger partial charge in [0.05, 0.1) is 5.92 Å². The number of halogens is 1. The van der Waals surface area contributed by atoms with Crippen LogP contribution in [0.3, 0.4) is 0 Å². The first-order valence-electron chi connectivity index (χ1n) is 7.32. The smallest absolute Gasteiger partial charge is 0.231 e. The van der Waals surface area contributed by atoms with E-state index in [1.165, 1.54) is 0 Å². The number of fused-ring (bicyclic) bond motifs is 1. The Kier molecular flexibility index (Phi) is 4.08. The van der Waals surface area contributed by atoms with Crippen molar-refractivity contribution in [2.24, 2.45) is 5.92 Å². The third kappa shape index (κ3) is 3.09. The monoisotopic (exact) mass is 315 g/mol. The Morgan fingerprint density at radius 1 is 1.23 bits per heavy atom. The van der Waals surface area contributed by atoms with Crippen LogP contribution in [0.4, 0.5) is 5.69 Å². The molecule has 4 heteroatoms. The topological polar surface area (TPSA) is 38.3 Å². The molecule has 0 saturated carbocycles. The summed E-state index contributed by atoms with van der Waals surface area (Å²) in [7, 11) is 0. The number of anilines is 1. The van der Waals surface area contributed by atoms with Crippen LogP contribution in [0.15, 0.2) is 36.4 Å². The van der Waals surface area contributed by atoms with Crippen molar-refractivity contribution in [1.29, 1.82) is 0 Å². The summed E-state index contributed by atoms with van der Waals surface area (Å²) in [5.41, 5.74) is 4.03. The van der Waals surface area contributed by atoms with Crippen LogP contribution >= 0.6 is 11.6 Å². The summed E-state index contributed by atoms with van der Waals surface area (Å²) in [4.78, 5) is 12.5. The molecule has 2 aromatic rings. The molecule has 0 bridgehead atoms. The molecule has 1 amide bonds.